The smallest absolute Gasteiger partial charge is 0.335 e. The predicted molar refractivity (Wildman–Crippen MR) is 125 cm³/mol. The maximum Gasteiger partial charge on any atom is 0.335 e. The normalized spacial score (nSPS) is 14.5. The summed E-state index contributed by atoms with van der Waals surface area (Å²) in [7, 11) is 0. The van der Waals surface area contributed by atoms with Gasteiger partial charge in [-0.3, -0.25) is 9.59 Å². The van der Waals surface area contributed by atoms with E-state index in [0.29, 0.717) is 15.6 Å². The van der Waals surface area contributed by atoms with Crippen LogP contribution >= 0.6 is 22.9 Å². The highest BCUT2D eigenvalue weighted by Crippen LogP contribution is 2.28. The SMILES string of the molecule is O=C(CN1C(=O)N/C(=C\c2cc(-c3cccc(C(=O)O)c3)cs2)C1=O)Nc1ccc(Cl)cc1. The lowest BCUT2D eigenvalue weighted by molar-refractivity contribution is -0.127. The van der Waals surface area contributed by atoms with Gasteiger partial charge in [-0.05, 0) is 65.0 Å². The van der Waals surface area contributed by atoms with Crippen LogP contribution in [-0.2, 0) is 9.59 Å². The molecule has 166 valence electrons. The number of amides is 4. The number of carboxylic acid groups (broad SMARTS) is 1. The third-order valence-corrected chi connectivity index (χ3v) is 5.87. The maximum absolute atomic E-state index is 12.7. The molecule has 0 radical (unpaired) electrons. The van der Waals surface area contributed by atoms with E-state index in [0.717, 1.165) is 16.0 Å². The molecule has 0 atom stereocenters. The summed E-state index contributed by atoms with van der Waals surface area (Å²) in [6.07, 6.45) is 1.52. The third-order valence-electron chi connectivity index (χ3n) is 4.74. The van der Waals surface area contributed by atoms with Gasteiger partial charge in [0.1, 0.15) is 12.2 Å². The number of carbonyl (C=O) groups excluding carboxylic acids is 3. The summed E-state index contributed by atoms with van der Waals surface area (Å²) in [6, 6.07) is 14.0. The van der Waals surface area contributed by atoms with Crippen molar-refractivity contribution in [1.29, 1.82) is 0 Å². The fourth-order valence-electron chi connectivity index (χ4n) is 3.15. The number of aromatic carboxylic acids is 1. The van der Waals surface area contributed by atoms with Crippen molar-refractivity contribution in [3.63, 3.8) is 0 Å². The number of carbonyl (C=O) groups is 4. The zero-order chi connectivity index (χ0) is 23.5. The topological polar surface area (TPSA) is 116 Å². The van der Waals surface area contributed by atoms with Crippen molar-refractivity contribution in [2.45, 2.75) is 0 Å². The fraction of sp³-hybridized carbons (Fsp3) is 0.0435. The third kappa shape index (κ3) is 5.11. The van der Waals surface area contributed by atoms with E-state index in [1.807, 2.05) is 5.38 Å². The van der Waals surface area contributed by atoms with Gasteiger partial charge in [-0.2, -0.15) is 0 Å². The van der Waals surface area contributed by atoms with Gasteiger partial charge in [-0.15, -0.1) is 11.3 Å². The van der Waals surface area contributed by atoms with Crippen LogP contribution in [0.4, 0.5) is 10.5 Å². The number of anilines is 1. The van der Waals surface area contributed by atoms with Gasteiger partial charge in [0, 0.05) is 15.6 Å². The molecule has 0 aliphatic carbocycles. The number of halogens is 1. The summed E-state index contributed by atoms with van der Waals surface area (Å²) in [5.41, 5.74) is 2.21. The largest absolute Gasteiger partial charge is 0.478 e. The molecule has 4 amide bonds. The number of carboxylic acids is 1. The molecule has 10 heteroatoms. The van der Waals surface area contributed by atoms with Crippen LogP contribution in [0.1, 0.15) is 15.2 Å². The molecule has 1 saturated heterocycles. The molecule has 33 heavy (non-hydrogen) atoms. The first-order chi connectivity index (χ1) is 15.8. The Bertz CT molecular complexity index is 1300. The van der Waals surface area contributed by atoms with Crippen molar-refractivity contribution in [3.05, 3.63) is 81.1 Å². The number of nitrogens with one attached hydrogen (secondary N) is 2. The molecule has 1 fully saturated rings. The molecule has 1 aromatic heterocycles. The molecule has 0 unspecified atom stereocenters. The zero-order valence-corrected chi connectivity index (χ0v) is 18.4. The lowest BCUT2D eigenvalue weighted by Gasteiger charge is -2.11. The average molecular weight is 482 g/mol. The number of thiophene rings is 1. The highest BCUT2D eigenvalue weighted by atomic mass is 35.5. The first-order valence-corrected chi connectivity index (χ1v) is 10.9. The molecule has 4 rings (SSSR count). The van der Waals surface area contributed by atoms with Crippen molar-refractivity contribution >= 4 is 58.5 Å². The van der Waals surface area contributed by atoms with Gasteiger partial charge < -0.3 is 15.7 Å². The van der Waals surface area contributed by atoms with Gasteiger partial charge >= 0.3 is 12.0 Å². The molecule has 3 aromatic rings. The van der Waals surface area contributed by atoms with E-state index < -0.39 is 30.4 Å². The Morgan fingerprint density at radius 1 is 1.09 bits per heavy atom. The summed E-state index contributed by atoms with van der Waals surface area (Å²) in [4.78, 5) is 49.9. The Balaban J connectivity index is 1.45. The molecule has 1 aliphatic heterocycles. The number of nitrogens with zero attached hydrogens (tertiary/aromatic N) is 1. The highest BCUT2D eigenvalue weighted by Gasteiger charge is 2.35. The van der Waals surface area contributed by atoms with Gasteiger partial charge in [-0.25, -0.2) is 14.5 Å². The van der Waals surface area contributed by atoms with E-state index in [-0.39, 0.29) is 11.3 Å². The molecule has 0 saturated carbocycles. The van der Waals surface area contributed by atoms with Crippen LogP contribution in [0.2, 0.25) is 5.02 Å². The molecule has 3 N–H and O–H groups in total. The lowest BCUT2D eigenvalue weighted by Crippen LogP contribution is -2.38. The quantitative estimate of drug-likeness (QED) is 0.358. The second-order valence-electron chi connectivity index (χ2n) is 7.06. The van der Waals surface area contributed by atoms with E-state index >= 15 is 0 Å². The predicted octanol–water partition coefficient (Wildman–Crippen LogP) is 4.30. The molecule has 1 aliphatic rings. The highest BCUT2D eigenvalue weighted by molar-refractivity contribution is 7.11. The van der Waals surface area contributed by atoms with Crippen LogP contribution in [0.5, 0.6) is 0 Å². The van der Waals surface area contributed by atoms with Crippen LogP contribution in [0.15, 0.2) is 65.7 Å². The Morgan fingerprint density at radius 3 is 2.58 bits per heavy atom. The Hall–Kier alpha value is -3.95. The number of rotatable bonds is 6. The number of hydrogen-bond acceptors (Lipinski definition) is 5. The summed E-state index contributed by atoms with van der Waals surface area (Å²) >= 11 is 7.15. The summed E-state index contributed by atoms with van der Waals surface area (Å²) in [5, 5.41) is 16.6. The van der Waals surface area contributed by atoms with Crippen LogP contribution in [0.25, 0.3) is 17.2 Å². The van der Waals surface area contributed by atoms with E-state index in [9.17, 15) is 19.2 Å². The number of urea groups is 1. The van der Waals surface area contributed by atoms with Crippen molar-refractivity contribution in [2.24, 2.45) is 0 Å². The molecule has 2 aromatic carbocycles. The molecule has 0 spiro atoms. The summed E-state index contributed by atoms with van der Waals surface area (Å²) in [5.74, 6) is -2.17. The van der Waals surface area contributed by atoms with Crippen LogP contribution in [-0.4, -0.2) is 40.4 Å². The van der Waals surface area contributed by atoms with Gasteiger partial charge in [0.2, 0.25) is 5.91 Å². The van der Waals surface area contributed by atoms with Crippen molar-refractivity contribution in [1.82, 2.24) is 10.2 Å². The van der Waals surface area contributed by atoms with E-state index in [1.165, 1.54) is 23.5 Å². The van der Waals surface area contributed by atoms with E-state index in [2.05, 4.69) is 10.6 Å². The van der Waals surface area contributed by atoms with Gasteiger partial charge in [0.05, 0.1) is 5.56 Å². The molecular weight excluding hydrogens is 466 g/mol. The first kappa shape index (κ1) is 22.3. The monoisotopic (exact) mass is 481 g/mol. The first-order valence-electron chi connectivity index (χ1n) is 9.62. The molecule has 8 nitrogen and oxygen atoms in total. The second kappa shape index (κ2) is 9.27. The number of benzene rings is 2. The minimum atomic E-state index is -1.02. The van der Waals surface area contributed by atoms with Crippen LogP contribution < -0.4 is 10.6 Å². The number of imide groups is 1. The van der Waals surface area contributed by atoms with Crippen LogP contribution in [0, 0.1) is 0 Å². The van der Waals surface area contributed by atoms with Gasteiger partial charge in [0.25, 0.3) is 5.91 Å². The second-order valence-corrected chi connectivity index (χ2v) is 8.44. The minimum Gasteiger partial charge on any atom is -0.478 e. The maximum atomic E-state index is 12.7. The van der Waals surface area contributed by atoms with Crippen molar-refractivity contribution in [2.75, 3.05) is 11.9 Å². The van der Waals surface area contributed by atoms with Crippen LogP contribution in [0.3, 0.4) is 0 Å². The fourth-order valence-corrected chi connectivity index (χ4v) is 4.12. The van der Waals surface area contributed by atoms with Gasteiger partial charge in [0.15, 0.2) is 0 Å². The van der Waals surface area contributed by atoms with E-state index in [4.69, 9.17) is 16.7 Å². The minimum absolute atomic E-state index is 0.0481. The Kier molecular flexibility index (Phi) is 6.25. The Labute approximate surface area is 197 Å². The molecule has 2 heterocycles. The Morgan fingerprint density at radius 2 is 1.85 bits per heavy atom. The molecular formula is C23H16ClN3O5S. The lowest BCUT2D eigenvalue weighted by atomic mass is 10.1. The number of hydrogen-bond donors (Lipinski definition) is 3. The summed E-state index contributed by atoms with van der Waals surface area (Å²) < 4.78 is 0. The molecule has 0 bridgehead atoms. The standard InChI is InChI=1S/C23H16ClN3O5S/c24-16-4-6-17(7-5-16)25-20(28)11-27-21(29)19(26-23(27)32)10-18-9-15(12-33-18)13-2-1-3-14(8-13)22(30)31/h1-10,12H,11H2,(H,25,28)(H,26,32)(H,30,31)/b19-10-. The van der Waals surface area contributed by atoms with Crippen molar-refractivity contribution in [3.8, 4) is 11.1 Å². The summed E-state index contributed by atoms with van der Waals surface area (Å²) in [6.45, 7) is -0.442. The van der Waals surface area contributed by atoms with Gasteiger partial charge in [-0.1, -0.05) is 23.7 Å². The zero-order valence-electron chi connectivity index (χ0n) is 16.9. The average Bonchev–Trinajstić information content (AvgIpc) is 3.36. The van der Waals surface area contributed by atoms with E-state index in [1.54, 1.807) is 48.5 Å². The van der Waals surface area contributed by atoms with Crippen molar-refractivity contribution < 1.29 is 24.3 Å².